The van der Waals surface area contributed by atoms with E-state index < -0.39 is 75.3 Å². The Morgan fingerprint density at radius 3 is 2.23 bits per heavy atom. The number of halogens is 8. The first-order chi connectivity index (χ1) is 19.9. The highest BCUT2D eigenvalue weighted by Crippen LogP contribution is 3.02. The normalized spacial score (nSPS) is 25.7. The molecule has 7 nitrogen and oxygen atoms in total. The van der Waals surface area contributed by atoms with Gasteiger partial charge in [-0.3, -0.25) is 24.4 Å². The van der Waals surface area contributed by atoms with E-state index >= 15 is 0 Å². The Morgan fingerprint density at radius 1 is 1.05 bits per heavy atom. The number of carbonyl (C=O) groups excluding carboxylic acids is 2. The van der Waals surface area contributed by atoms with Crippen LogP contribution in [0.3, 0.4) is 0 Å². The SMILES string of the molecule is N#CN1C[C@@H]2CC[C@@H]2[C@@H]1C(=O)N(c1ccc(S(F)(F)(F)(F)F)cc1)C(C(=O)NC1CCC(F)(F)CC1)c1cncc(F)c1. The summed E-state index contributed by atoms with van der Waals surface area (Å²) in [7, 11) is -10.1. The molecule has 1 unspecified atom stereocenters. The summed E-state index contributed by atoms with van der Waals surface area (Å²) in [6.07, 6.45) is 3.77. The number of hydrogen-bond donors (Lipinski definition) is 1. The van der Waals surface area contributed by atoms with Crippen LogP contribution in [0.5, 0.6) is 0 Å². The number of hydrogen-bond acceptors (Lipinski definition) is 5. The first-order valence-corrected chi connectivity index (χ1v) is 15.4. The molecule has 1 aromatic carbocycles. The second-order valence-electron chi connectivity index (χ2n) is 11.3. The molecule has 4 atom stereocenters. The van der Waals surface area contributed by atoms with Gasteiger partial charge in [0.25, 0.3) is 5.91 Å². The Morgan fingerprint density at radius 2 is 1.70 bits per heavy atom. The Kier molecular flexibility index (Phi) is 7.15. The Bertz CT molecular complexity index is 1460. The molecule has 0 spiro atoms. The zero-order valence-corrected chi connectivity index (χ0v) is 23.2. The standard InChI is InChI=1S/C27H27F8N5O2S/c28-18-11-17(12-37-13-18)23(25(41)38-19-7-9-27(29,30)10-8-19)40(20-2-4-21(5-3-20)43(31,32,33,34)35)26(42)24-22-6-1-16(22)14-39(24)15-36/h2-5,11-13,16,19,22-24H,1,6-10,14H2,(H,38,41)/t16-,22-,23?,24+/m0/s1. The zero-order chi connectivity index (χ0) is 31.4. The summed E-state index contributed by atoms with van der Waals surface area (Å²) >= 11 is 0. The lowest BCUT2D eigenvalue weighted by Crippen LogP contribution is -2.54. The van der Waals surface area contributed by atoms with Crippen molar-refractivity contribution in [1.82, 2.24) is 15.2 Å². The molecule has 2 aliphatic carbocycles. The summed E-state index contributed by atoms with van der Waals surface area (Å²) in [5, 5.41) is 12.3. The molecule has 1 N–H and O–H groups in total. The predicted octanol–water partition coefficient (Wildman–Crippen LogP) is 6.84. The summed E-state index contributed by atoms with van der Waals surface area (Å²) < 4.78 is 109. The lowest BCUT2D eigenvalue weighted by atomic mass is 9.72. The summed E-state index contributed by atoms with van der Waals surface area (Å²) in [5.41, 5.74) is -0.619. The fraction of sp³-hybridized carbons (Fsp3) is 0.481. The molecule has 1 aliphatic heterocycles. The predicted molar refractivity (Wildman–Crippen MR) is 140 cm³/mol. The average molecular weight is 638 g/mol. The molecule has 2 heterocycles. The van der Waals surface area contributed by atoms with Gasteiger partial charge in [-0.1, -0.05) is 19.4 Å². The average Bonchev–Trinajstić information content (AvgIpc) is 3.15. The number of benzene rings is 1. The summed E-state index contributed by atoms with van der Waals surface area (Å²) in [4.78, 5) is 31.6. The van der Waals surface area contributed by atoms with E-state index in [1.165, 1.54) is 4.90 Å². The second-order valence-corrected chi connectivity index (χ2v) is 13.8. The highest BCUT2D eigenvalue weighted by molar-refractivity contribution is 8.45. The number of fused-ring (bicyclic) bond motifs is 1. The monoisotopic (exact) mass is 637 g/mol. The van der Waals surface area contributed by atoms with E-state index in [9.17, 15) is 47.5 Å². The fourth-order valence-corrected chi connectivity index (χ4v) is 6.77. The van der Waals surface area contributed by atoms with Crippen LogP contribution in [0.1, 0.15) is 50.1 Å². The molecule has 0 bridgehead atoms. The van der Waals surface area contributed by atoms with Crippen LogP contribution in [0, 0.1) is 29.1 Å². The molecule has 2 saturated carbocycles. The third kappa shape index (κ3) is 6.36. The van der Waals surface area contributed by atoms with Crippen LogP contribution in [0.25, 0.3) is 0 Å². The van der Waals surface area contributed by atoms with E-state index in [1.54, 1.807) is 0 Å². The molecule has 1 saturated heterocycles. The van der Waals surface area contributed by atoms with E-state index in [-0.39, 0.29) is 48.9 Å². The molecule has 3 fully saturated rings. The van der Waals surface area contributed by atoms with Gasteiger partial charge in [0, 0.05) is 42.9 Å². The quantitative estimate of drug-likeness (QED) is 0.265. The van der Waals surface area contributed by atoms with Crippen LogP contribution in [0.4, 0.5) is 38.3 Å². The van der Waals surface area contributed by atoms with Gasteiger partial charge in [0.1, 0.15) is 22.8 Å². The van der Waals surface area contributed by atoms with E-state index in [1.807, 2.05) is 6.19 Å². The number of likely N-dealkylation sites (tertiary alicyclic amines) is 1. The number of aromatic nitrogens is 1. The largest absolute Gasteiger partial charge is 0.351 e. The van der Waals surface area contributed by atoms with Crippen molar-refractivity contribution in [3.63, 3.8) is 0 Å². The maximum absolute atomic E-state index is 14.4. The van der Waals surface area contributed by atoms with Gasteiger partial charge in [-0.25, -0.2) is 13.2 Å². The third-order valence-electron chi connectivity index (χ3n) is 8.44. The highest BCUT2D eigenvalue weighted by atomic mass is 32.5. The van der Waals surface area contributed by atoms with Crippen molar-refractivity contribution in [3.8, 4) is 6.19 Å². The number of nitriles is 1. The first kappa shape index (κ1) is 30.8. The van der Waals surface area contributed by atoms with Crippen molar-refractivity contribution >= 4 is 27.7 Å². The van der Waals surface area contributed by atoms with Crippen molar-refractivity contribution in [2.75, 3.05) is 11.4 Å². The minimum Gasteiger partial charge on any atom is -0.351 e. The van der Waals surface area contributed by atoms with Crippen LogP contribution >= 0.6 is 10.2 Å². The molecule has 2 amide bonds. The van der Waals surface area contributed by atoms with E-state index in [0.717, 1.165) is 29.8 Å². The van der Waals surface area contributed by atoms with Crippen LogP contribution < -0.4 is 10.2 Å². The van der Waals surface area contributed by atoms with Crippen LogP contribution in [-0.4, -0.2) is 46.2 Å². The minimum atomic E-state index is -10.1. The Hall–Kier alpha value is -3.61. The Labute approximate surface area is 241 Å². The molecule has 5 rings (SSSR count). The molecule has 2 aromatic rings. The molecule has 234 valence electrons. The van der Waals surface area contributed by atoms with Crippen LogP contribution in [-0.2, 0) is 9.59 Å². The van der Waals surface area contributed by atoms with Crippen molar-refractivity contribution in [1.29, 1.82) is 5.26 Å². The van der Waals surface area contributed by atoms with Gasteiger partial charge in [-0.05, 0) is 67.9 Å². The highest BCUT2D eigenvalue weighted by Gasteiger charge is 2.65. The summed E-state index contributed by atoms with van der Waals surface area (Å²) in [6.45, 7) is 0.225. The number of nitrogens with one attached hydrogen (secondary N) is 1. The van der Waals surface area contributed by atoms with Gasteiger partial charge in [0.15, 0.2) is 6.19 Å². The van der Waals surface area contributed by atoms with Gasteiger partial charge in [-0.2, -0.15) is 5.26 Å². The van der Waals surface area contributed by atoms with Crippen molar-refractivity contribution < 1.29 is 42.2 Å². The molecule has 43 heavy (non-hydrogen) atoms. The van der Waals surface area contributed by atoms with Crippen molar-refractivity contribution in [2.24, 2.45) is 11.8 Å². The molecular weight excluding hydrogens is 610 g/mol. The third-order valence-corrected chi connectivity index (χ3v) is 9.60. The van der Waals surface area contributed by atoms with Crippen LogP contribution in [0.2, 0.25) is 0 Å². The van der Waals surface area contributed by atoms with E-state index in [4.69, 9.17) is 0 Å². The van der Waals surface area contributed by atoms with Gasteiger partial charge in [0.2, 0.25) is 11.8 Å². The van der Waals surface area contributed by atoms with Gasteiger partial charge in [-0.15, -0.1) is 0 Å². The lowest BCUT2D eigenvalue weighted by Gasteiger charge is -2.41. The zero-order valence-electron chi connectivity index (χ0n) is 22.4. The number of alkyl halides is 2. The van der Waals surface area contributed by atoms with Gasteiger partial charge in [0.05, 0.1) is 6.20 Å². The van der Waals surface area contributed by atoms with Crippen molar-refractivity contribution in [3.05, 3.63) is 54.1 Å². The number of pyridine rings is 1. The van der Waals surface area contributed by atoms with Gasteiger partial charge < -0.3 is 5.32 Å². The summed E-state index contributed by atoms with van der Waals surface area (Å²) in [5.74, 6) is -6.07. The number of amides is 2. The van der Waals surface area contributed by atoms with E-state index in [2.05, 4.69) is 10.3 Å². The van der Waals surface area contributed by atoms with Crippen molar-refractivity contribution in [2.45, 2.75) is 67.5 Å². The minimum absolute atomic E-state index is 0.0297. The molecule has 0 radical (unpaired) electrons. The molecular formula is C27H27F8N5O2S. The van der Waals surface area contributed by atoms with Gasteiger partial charge >= 0.3 is 10.2 Å². The fourth-order valence-electron chi connectivity index (χ4n) is 6.12. The Balaban J connectivity index is 1.60. The number of anilines is 1. The maximum Gasteiger partial charge on any atom is 0.310 e. The van der Waals surface area contributed by atoms with E-state index in [0.29, 0.717) is 18.6 Å². The molecule has 3 aliphatic rings. The molecule has 1 aromatic heterocycles. The second kappa shape index (κ2) is 9.96. The van der Waals surface area contributed by atoms with Crippen LogP contribution in [0.15, 0.2) is 47.6 Å². The lowest BCUT2D eigenvalue weighted by molar-refractivity contribution is -0.130. The summed E-state index contributed by atoms with van der Waals surface area (Å²) in [6, 6.07) is -1.45. The smallest absolute Gasteiger partial charge is 0.310 e. The number of rotatable bonds is 7. The number of carbonyl (C=O) groups is 2. The maximum atomic E-state index is 14.4. The first-order valence-electron chi connectivity index (χ1n) is 13.5. The number of nitrogens with zero attached hydrogens (tertiary/aromatic N) is 4. The molecule has 16 heteroatoms. The topological polar surface area (TPSA) is 89.3 Å².